The second-order valence-electron chi connectivity index (χ2n) is 8.49. The molecular formula is C35H34O7. The van der Waals surface area contributed by atoms with E-state index in [1.165, 1.54) is 0 Å². The molecule has 4 rings (SSSR count). The first-order valence-electron chi connectivity index (χ1n) is 13.3. The molecule has 0 aliphatic carbocycles. The summed E-state index contributed by atoms with van der Waals surface area (Å²) in [6, 6.07) is 35.6. The highest BCUT2D eigenvalue weighted by molar-refractivity contribution is 5.81. The third-order valence-corrected chi connectivity index (χ3v) is 5.63. The molecule has 0 amide bonds. The zero-order valence-electron chi connectivity index (χ0n) is 23.4. The Hall–Kier alpha value is -5.14. The van der Waals surface area contributed by atoms with Crippen LogP contribution >= 0.6 is 0 Å². The first kappa shape index (κ1) is 31.4. The zero-order valence-corrected chi connectivity index (χ0v) is 23.4. The summed E-state index contributed by atoms with van der Waals surface area (Å²) in [7, 11) is 0. The average Bonchev–Trinajstić information content (AvgIpc) is 3.06. The maximum Gasteiger partial charge on any atom is 0.332 e. The highest BCUT2D eigenvalue weighted by Crippen LogP contribution is 2.30. The van der Waals surface area contributed by atoms with Crippen LogP contribution in [0.2, 0.25) is 0 Å². The fraction of sp³-hybridized carbons (Fsp3) is 0.143. The van der Waals surface area contributed by atoms with Gasteiger partial charge in [0, 0.05) is 23.3 Å². The van der Waals surface area contributed by atoms with Crippen molar-refractivity contribution in [3.05, 3.63) is 135 Å². The lowest BCUT2D eigenvalue weighted by Crippen LogP contribution is -2.11. The number of hydrogen-bond donors (Lipinski definition) is 0. The lowest BCUT2D eigenvalue weighted by Gasteiger charge is -2.11. The molecule has 0 spiro atoms. The molecule has 0 aliphatic rings. The molecule has 0 radical (unpaired) electrons. The van der Waals surface area contributed by atoms with Crippen LogP contribution in [-0.2, 0) is 23.8 Å². The molecule has 0 unspecified atom stereocenters. The SMILES string of the molecule is C=CC(=O)OCCOc1ccccc1-c1ccccc1.C=CC(=O)OCOCCOc1ccccc1-c1ccccc1. The molecule has 0 fully saturated rings. The van der Waals surface area contributed by atoms with Crippen molar-refractivity contribution in [1.82, 2.24) is 0 Å². The Bertz CT molecular complexity index is 1400. The van der Waals surface area contributed by atoms with Gasteiger partial charge in [-0.3, -0.25) is 0 Å². The maximum absolute atomic E-state index is 10.9. The van der Waals surface area contributed by atoms with E-state index < -0.39 is 11.9 Å². The molecular weight excluding hydrogens is 532 g/mol. The number of carbonyl (C=O) groups is 2. The van der Waals surface area contributed by atoms with E-state index in [-0.39, 0.29) is 13.4 Å². The van der Waals surface area contributed by atoms with E-state index in [0.29, 0.717) is 19.8 Å². The van der Waals surface area contributed by atoms with Gasteiger partial charge >= 0.3 is 11.9 Å². The van der Waals surface area contributed by atoms with E-state index in [1.54, 1.807) is 0 Å². The van der Waals surface area contributed by atoms with Gasteiger partial charge in [0.2, 0.25) is 0 Å². The minimum absolute atomic E-state index is 0.103. The predicted octanol–water partition coefficient (Wildman–Crippen LogP) is 6.90. The molecule has 4 aromatic carbocycles. The molecule has 42 heavy (non-hydrogen) atoms. The van der Waals surface area contributed by atoms with Crippen molar-refractivity contribution in [2.75, 3.05) is 33.2 Å². The first-order valence-corrected chi connectivity index (χ1v) is 13.3. The Labute approximate surface area is 246 Å². The van der Waals surface area contributed by atoms with Crippen LogP contribution < -0.4 is 9.47 Å². The molecule has 216 valence electrons. The molecule has 4 aromatic rings. The van der Waals surface area contributed by atoms with Crippen molar-refractivity contribution < 1.29 is 33.3 Å². The zero-order chi connectivity index (χ0) is 29.8. The minimum atomic E-state index is -0.504. The fourth-order valence-electron chi connectivity index (χ4n) is 3.68. The van der Waals surface area contributed by atoms with Crippen LogP contribution in [0.3, 0.4) is 0 Å². The maximum atomic E-state index is 10.9. The van der Waals surface area contributed by atoms with Crippen LogP contribution in [0.15, 0.2) is 135 Å². The summed E-state index contributed by atoms with van der Waals surface area (Å²) < 4.78 is 26.2. The topological polar surface area (TPSA) is 80.3 Å². The Morgan fingerprint density at radius 3 is 1.45 bits per heavy atom. The second-order valence-corrected chi connectivity index (χ2v) is 8.49. The van der Waals surface area contributed by atoms with Gasteiger partial charge in [-0.05, 0) is 23.3 Å². The Morgan fingerprint density at radius 2 is 0.952 bits per heavy atom. The minimum Gasteiger partial charge on any atom is -0.491 e. The molecule has 0 saturated heterocycles. The number of carbonyl (C=O) groups excluding carboxylic acids is 2. The lowest BCUT2D eigenvalue weighted by molar-refractivity contribution is -0.150. The molecule has 7 heteroatoms. The number of esters is 2. The summed E-state index contributed by atoms with van der Waals surface area (Å²) in [5.74, 6) is 0.619. The standard InChI is InChI=1S/C18H18O4.C17H16O3/c1-2-18(19)22-14-20-12-13-21-17-11-7-6-10-16(17)15-8-4-3-5-9-15;1-2-17(18)20-13-12-19-16-11-7-6-10-15(16)14-8-4-3-5-9-14/h2-11H,1,12-14H2;2-11H,1,12-13H2. The second kappa shape index (κ2) is 18.3. The fourth-order valence-corrected chi connectivity index (χ4v) is 3.68. The number of para-hydroxylation sites is 2. The summed E-state index contributed by atoms with van der Waals surface area (Å²) in [4.78, 5) is 21.7. The van der Waals surface area contributed by atoms with Crippen LogP contribution in [0, 0.1) is 0 Å². The molecule has 0 saturated carbocycles. The van der Waals surface area contributed by atoms with E-state index >= 15 is 0 Å². The monoisotopic (exact) mass is 566 g/mol. The van der Waals surface area contributed by atoms with Gasteiger partial charge < -0.3 is 23.7 Å². The van der Waals surface area contributed by atoms with Crippen molar-refractivity contribution in [3.63, 3.8) is 0 Å². The van der Waals surface area contributed by atoms with Gasteiger partial charge in [-0.2, -0.15) is 0 Å². The summed E-state index contributed by atoms with van der Waals surface area (Å²) >= 11 is 0. The Morgan fingerprint density at radius 1 is 0.524 bits per heavy atom. The van der Waals surface area contributed by atoms with Crippen LogP contribution in [0.25, 0.3) is 22.3 Å². The van der Waals surface area contributed by atoms with Crippen molar-refractivity contribution in [2.24, 2.45) is 0 Å². The summed E-state index contributed by atoms with van der Waals surface area (Å²) in [5.41, 5.74) is 4.23. The molecule has 0 atom stereocenters. The highest BCUT2D eigenvalue weighted by atomic mass is 16.7. The average molecular weight is 567 g/mol. The van der Waals surface area contributed by atoms with Crippen LogP contribution in [0.4, 0.5) is 0 Å². The van der Waals surface area contributed by atoms with Gasteiger partial charge in [0.25, 0.3) is 0 Å². The van der Waals surface area contributed by atoms with Crippen molar-refractivity contribution in [3.8, 4) is 33.8 Å². The molecule has 0 aliphatic heterocycles. The van der Waals surface area contributed by atoms with E-state index in [9.17, 15) is 9.59 Å². The van der Waals surface area contributed by atoms with Gasteiger partial charge in [0.05, 0.1) is 6.61 Å². The number of hydrogen-bond acceptors (Lipinski definition) is 7. The number of ether oxygens (including phenoxy) is 5. The van der Waals surface area contributed by atoms with Crippen LogP contribution in [0.5, 0.6) is 11.5 Å². The van der Waals surface area contributed by atoms with Crippen molar-refractivity contribution >= 4 is 11.9 Å². The molecule has 0 aromatic heterocycles. The third kappa shape index (κ3) is 10.8. The van der Waals surface area contributed by atoms with E-state index in [2.05, 4.69) is 13.2 Å². The van der Waals surface area contributed by atoms with Gasteiger partial charge in [-0.1, -0.05) is 110 Å². The van der Waals surface area contributed by atoms with Crippen LogP contribution in [-0.4, -0.2) is 45.2 Å². The number of rotatable bonds is 14. The van der Waals surface area contributed by atoms with E-state index in [1.807, 2.05) is 109 Å². The summed E-state index contributed by atoms with van der Waals surface area (Å²) in [6.45, 7) is 7.74. The van der Waals surface area contributed by atoms with Gasteiger partial charge in [-0.15, -0.1) is 0 Å². The van der Waals surface area contributed by atoms with Crippen LogP contribution in [0.1, 0.15) is 0 Å². The van der Waals surface area contributed by atoms with Gasteiger partial charge in [0.1, 0.15) is 31.3 Å². The Balaban J connectivity index is 0.000000231. The van der Waals surface area contributed by atoms with Gasteiger partial charge in [-0.25, -0.2) is 9.59 Å². The Kier molecular flexibility index (Phi) is 13.6. The molecule has 0 bridgehead atoms. The summed E-state index contributed by atoms with van der Waals surface area (Å²) in [5, 5.41) is 0. The van der Waals surface area contributed by atoms with E-state index in [0.717, 1.165) is 45.9 Å². The molecule has 7 nitrogen and oxygen atoms in total. The molecule has 0 N–H and O–H groups in total. The predicted molar refractivity (Wildman–Crippen MR) is 163 cm³/mol. The highest BCUT2D eigenvalue weighted by Gasteiger charge is 2.06. The number of benzene rings is 4. The van der Waals surface area contributed by atoms with E-state index in [4.69, 9.17) is 23.7 Å². The largest absolute Gasteiger partial charge is 0.491 e. The quantitative estimate of drug-likeness (QED) is 0.0711. The van der Waals surface area contributed by atoms with Gasteiger partial charge in [0.15, 0.2) is 6.79 Å². The molecule has 0 heterocycles. The smallest absolute Gasteiger partial charge is 0.332 e. The lowest BCUT2D eigenvalue weighted by atomic mass is 10.1. The van der Waals surface area contributed by atoms with Crippen molar-refractivity contribution in [1.29, 1.82) is 0 Å². The summed E-state index contributed by atoms with van der Waals surface area (Å²) in [6.07, 6.45) is 2.23. The third-order valence-electron chi connectivity index (χ3n) is 5.63. The van der Waals surface area contributed by atoms with Crippen molar-refractivity contribution in [2.45, 2.75) is 0 Å². The first-order chi connectivity index (χ1) is 20.6. The normalized spacial score (nSPS) is 9.90.